The molecule has 4 unspecified atom stereocenters. The van der Waals surface area contributed by atoms with Crippen molar-refractivity contribution in [1.82, 2.24) is 4.90 Å². The van der Waals surface area contributed by atoms with E-state index in [2.05, 4.69) is 32.6 Å². The number of hydrogen-bond donors (Lipinski definition) is 1. The van der Waals surface area contributed by atoms with Crippen molar-refractivity contribution in [3.63, 3.8) is 0 Å². The quantitative estimate of drug-likeness (QED) is 0.793. The molecule has 108 valence electrons. The second kappa shape index (κ2) is 7.46. The maximum absolute atomic E-state index is 6.04. The third kappa shape index (κ3) is 4.22. The summed E-state index contributed by atoms with van der Waals surface area (Å²) < 4.78 is 5.49. The Balaban J connectivity index is 2.59. The van der Waals surface area contributed by atoms with E-state index >= 15 is 0 Å². The third-order valence-electron chi connectivity index (χ3n) is 4.38. The van der Waals surface area contributed by atoms with Gasteiger partial charge in [-0.3, -0.25) is 4.90 Å². The summed E-state index contributed by atoms with van der Waals surface area (Å²) in [4.78, 5) is 2.61. The second-order valence-corrected chi connectivity index (χ2v) is 6.38. The van der Waals surface area contributed by atoms with Gasteiger partial charge in [-0.05, 0) is 38.0 Å². The van der Waals surface area contributed by atoms with E-state index in [-0.39, 0.29) is 0 Å². The van der Waals surface area contributed by atoms with E-state index in [9.17, 15) is 0 Å². The Kier molecular flexibility index (Phi) is 6.61. The first-order chi connectivity index (χ1) is 8.49. The van der Waals surface area contributed by atoms with Crippen molar-refractivity contribution in [1.29, 1.82) is 0 Å². The highest BCUT2D eigenvalue weighted by atomic mass is 16.5. The first-order valence-electron chi connectivity index (χ1n) is 7.48. The van der Waals surface area contributed by atoms with Gasteiger partial charge in [-0.15, -0.1) is 0 Å². The predicted molar refractivity (Wildman–Crippen MR) is 77.7 cm³/mol. The second-order valence-electron chi connectivity index (χ2n) is 6.38. The largest absolute Gasteiger partial charge is 0.381 e. The highest BCUT2D eigenvalue weighted by Crippen LogP contribution is 2.26. The molecule has 0 aromatic heterocycles. The van der Waals surface area contributed by atoms with E-state index in [1.807, 2.05) is 7.11 Å². The van der Waals surface area contributed by atoms with Gasteiger partial charge < -0.3 is 10.5 Å². The van der Waals surface area contributed by atoms with Crippen molar-refractivity contribution in [2.24, 2.45) is 17.6 Å². The minimum Gasteiger partial charge on any atom is -0.381 e. The zero-order valence-electron chi connectivity index (χ0n) is 12.9. The zero-order valence-corrected chi connectivity index (χ0v) is 12.9. The van der Waals surface area contributed by atoms with E-state index in [0.29, 0.717) is 24.1 Å². The molecule has 0 aromatic carbocycles. The van der Waals surface area contributed by atoms with Crippen molar-refractivity contribution in [2.45, 2.75) is 65.1 Å². The van der Waals surface area contributed by atoms with Crippen LogP contribution in [0, 0.1) is 11.8 Å². The van der Waals surface area contributed by atoms with Crippen LogP contribution in [0.1, 0.15) is 47.0 Å². The Morgan fingerprint density at radius 3 is 2.44 bits per heavy atom. The summed E-state index contributed by atoms with van der Waals surface area (Å²) >= 11 is 0. The molecular formula is C15H32N2O. The predicted octanol–water partition coefficient (Wildman–Crippen LogP) is 2.50. The molecule has 1 saturated heterocycles. The van der Waals surface area contributed by atoms with Gasteiger partial charge in [-0.2, -0.15) is 0 Å². The highest BCUT2D eigenvalue weighted by Gasteiger charge is 2.32. The monoisotopic (exact) mass is 256 g/mol. The molecule has 4 atom stereocenters. The summed E-state index contributed by atoms with van der Waals surface area (Å²) in [5.74, 6) is 1.43. The maximum atomic E-state index is 6.04. The van der Waals surface area contributed by atoms with Gasteiger partial charge in [0.25, 0.3) is 0 Å². The molecule has 0 bridgehead atoms. The van der Waals surface area contributed by atoms with Crippen molar-refractivity contribution in [3.8, 4) is 0 Å². The van der Waals surface area contributed by atoms with Crippen LogP contribution in [0.4, 0.5) is 0 Å². The Hall–Kier alpha value is -0.120. The van der Waals surface area contributed by atoms with Crippen LogP contribution in [0.15, 0.2) is 0 Å². The van der Waals surface area contributed by atoms with E-state index in [4.69, 9.17) is 10.5 Å². The number of rotatable bonds is 6. The molecule has 3 nitrogen and oxygen atoms in total. The van der Waals surface area contributed by atoms with Crippen molar-refractivity contribution < 1.29 is 4.74 Å². The van der Waals surface area contributed by atoms with Crippen LogP contribution in [0.2, 0.25) is 0 Å². The molecule has 0 radical (unpaired) electrons. The van der Waals surface area contributed by atoms with Gasteiger partial charge in [-0.1, -0.05) is 20.8 Å². The Labute approximate surface area is 113 Å². The van der Waals surface area contributed by atoms with Crippen LogP contribution in [-0.2, 0) is 4.74 Å². The van der Waals surface area contributed by atoms with Crippen LogP contribution in [0.25, 0.3) is 0 Å². The number of piperidine rings is 1. The molecule has 18 heavy (non-hydrogen) atoms. The molecule has 1 rings (SSSR count). The van der Waals surface area contributed by atoms with Crippen LogP contribution < -0.4 is 5.73 Å². The Morgan fingerprint density at radius 1 is 1.33 bits per heavy atom. The number of nitrogens with zero attached hydrogens (tertiary/aromatic N) is 1. The molecule has 1 fully saturated rings. The Bertz CT molecular complexity index is 233. The van der Waals surface area contributed by atoms with E-state index < -0.39 is 0 Å². The van der Waals surface area contributed by atoms with Gasteiger partial charge in [0.05, 0.1) is 6.10 Å². The molecule has 3 heteroatoms. The fraction of sp³-hybridized carbons (Fsp3) is 1.00. The maximum Gasteiger partial charge on any atom is 0.0598 e. The summed E-state index contributed by atoms with van der Waals surface area (Å²) in [6, 6.07) is 1.12. The summed E-state index contributed by atoms with van der Waals surface area (Å²) in [5, 5.41) is 0. The molecule has 1 aliphatic heterocycles. The van der Waals surface area contributed by atoms with Gasteiger partial charge in [0.15, 0.2) is 0 Å². The Morgan fingerprint density at radius 2 is 2.00 bits per heavy atom. The van der Waals surface area contributed by atoms with Gasteiger partial charge in [0, 0.05) is 32.3 Å². The van der Waals surface area contributed by atoms with Crippen molar-refractivity contribution in [2.75, 3.05) is 20.2 Å². The average Bonchev–Trinajstić information content (AvgIpc) is 2.31. The van der Waals surface area contributed by atoms with Gasteiger partial charge >= 0.3 is 0 Å². The van der Waals surface area contributed by atoms with Gasteiger partial charge in [-0.25, -0.2) is 0 Å². The van der Waals surface area contributed by atoms with Gasteiger partial charge in [0.2, 0.25) is 0 Å². The minimum atomic E-state index is 0.440. The molecule has 1 heterocycles. The summed E-state index contributed by atoms with van der Waals surface area (Å²) in [6.07, 6.45) is 3.99. The normalized spacial score (nSPS) is 29.5. The lowest BCUT2D eigenvalue weighted by Gasteiger charge is -2.44. The number of hydrogen-bond acceptors (Lipinski definition) is 3. The molecule has 0 amide bonds. The molecular weight excluding hydrogens is 224 g/mol. The van der Waals surface area contributed by atoms with Crippen LogP contribution in [0.5, 0.6) is 0 Å². The number of nitrogens with two attached hydrogens (primary N) is 1. The first-order valence-corrected chi connectivity index (χ1v) is 7.48. The van der Waals surface area contributed by atoms with Crippen molar-refractivity contribution >= 4 is 0 Å². The third-order valence-corrected chi connectivity index (χ3v) is 4.38. The number of methoxy groups -OCH3 is 1. The molecule has 2 N–H and O–H groups in total. The topological polar surface area (TPSA) is 38.5 Å². The lowest BCUT2D eigenvalue weighted by Crippen LogP contribution is -2.53. The summed E-state index contributed by atoms with van der Waals surface area (Å²) in [7, 11) is 1.83. The minimum absolute atomic E-state index is 0.440. The molecule has 0 aromatic rings. The SMILES string of the molecule is COC1CCN(C(CN)C(C)CC(C)C)C(C)C1. The molecule has 0 aliphatic carbocycles. The standard InChI is InChI=1S/C15H32N2O/c1-11(2)8-12(3)15(10-16)17-7-6-14(18-5)9-13(17)4/h11-15H,6-10,16H2,1-5H3. The fourth-order valence-corrected chi connectivity index (χ4v) is 3.45. The fourth-order valence-electron chi connectivity index (χ4n) is 3.45. The highest BCUT2D eigenvalue weighted by molar-refractivity contribution is 4.87. The lowest BCUT2D eigenvalue weighted by atomic mass is 9.88. The molecule has 0 saturated carbocycles. The van der Waals surface area contributed by atoms with Crippen LogP contribution >= 0.6 is 0 Å². The smallest absolute Gasteiger partial charge is 0.0598 e. The average molecular weight is 256 g/mol. The first kappa shape index (κ1) is 15.9. The van der Waals surface area contributed by atoms with Gasteiger partial charge in [0.1, 0.15) is 0 Å². The summed E-state index contributed by atoms with van der Waals surface area (Å²) in [5.41, 5.74) is 6.04. The van der Waals surface area contributed by atoms with E-state index in [0.717, 1.165) is 31.8 Å². The van der Waals surface area contributed by atoms with E-state index in [1.54, 1.807) is 0 Å². The summed E-state index contributed by atoms with van der Waals surface area (Å²) in [6.45, 7) is 11.2. The van der Waals surface area contributed by atoms with Crippen LogP contribution in [0.3, 0.4) is 0 Å². The molecule has 0 spiro atoms. The molecule has 1 aliphatic rings. The van der Waals surface area contributed by atoms with E-state index in [1.165, 1.54) is 6.42 Å². The zero-order chi connectivity index (χ0) is 13.7. The number of ether oxygens (including phenoxy) is 1. The number of likely N-dealkylation sites (tertiary alicyclic amines) is 1. The van der Waals surface area contributed by atoms with Crippen LogP contribution in [-0.4, -0.2) is 43.3 Å². The van der Waals surface area contributed by atoms with Crippen molar-refractivity contribution in [3.05, 3.63) is 0 Å². The lowest BCUT2D eigenvalue weighted by molar-refractivity contribution is -0.0114.